The van der Waals surface area contributed by atoms with Crippen LogP contribution in [0.15, 0.2) is 23.7 Å². The van der Waals surface area contributed by atoms with Gasteiger partial charge in [0.15, 0.2) is 0 Å². The van der Waals surface area contributed by atoms with Gasteiger partial charge in [0, 0.05) is 5.70 Å². The van der Waals surface area contributed by atoms with E-state index in [1.54, 1.807) is 0 Å². The van der Waals surface area contributed by atoms with Crippen LogP contribution in [0.25, 0.3) is 0 Å². The summed E-state index contributed by atoms with van der Waals surface area (Å²) >= 11 is 5.51. The van der Waals surface area contributed by atoms with E-state index in [0.29, 0.717) is 0 Å². The van der Waals surface area contributed by atoms with Crippen LogP contribution in [-0.2, 0) is 9.59 Å². The van der Waals surface area contributed by atoms with Crippen LogP contribution in [0.5, 0.6) is 0 Å². The van der Waals surface area contributed by atoms with Crippen molar-refractivity contribution < 1.29 is 19.1 Å². The summed E-state index contributed by atoms with van der Waals surface area (Å²) < 4.78 is 12.9. The molecular formula is C8H7ClFNO3. The number of alkyl halides is 1. The summed E-state index contributed by atoms with van der Waals surface area (Å²) in [5.74, 6) is -3.41. The second-order valence-corrected chi connectivity index (χ2v) is 3.18. The molecule has 6 heteroatoms. The SMILES string of the molecule is O=C(O)C(=O)NC1=CCC(Cl)C(F)=C1. The first-order valence-corrected chi connectivity index (χ1v) is 4.20. The van der Waals surface area contributed by atoms with Gasteiger partial charge in [-0.05, 0) is 12.5 Å². The zero-order valence-corrected chi connectivity index (χ0v) is 7.71. The summed E-state index contributed by atoms with van der Waals surface area (Å²) in [5.41, 5.74) is 0.117. The zero-order chi connectivity index (χ0) is 10.7. The lowest BCUT2D eigenvalue weighted by atomic mass is 10.1. The summed E-state index contributed by atoms with van der Waals surface area (Å²) in [7, 11) is 0. The number of allylic oxidation sites excluding steroid dienone is 3. The Bertz CT molecular complexity index is 337. The molecule has 0 bridgehead atoms. The molecule has 1 amide bonds. The monoisotopic (exact) mass is 219 g/mol. The standard InChI is InChI=1S/C8H7ClFNO3/c9-5-2-1-4(3-6(5)10)11-7(12)8(13)14/h1,3,5H,2H2,(H,11,12)(H,13,14). The van der Waals surface area contributed by atoms with E-state index in [9.17, 15) is 14.0 Å². The highest BCUT2D eigenvalue weighted by Crippen LogP contribution is 2.22. The van der Waals surface area contributed by atoms with Crippen LogP contribution in [0.1, 0.15) is 6.42 Å². The molecule has 0 aromatic carbocycles. The number of carboxylic acids is 1. The van der Waals surface area contributed by atoms with Crippen LogP contribution in [-0.4, -0.2) is 22.4 Å². The Morgan fingerprint density at radius 1 is 1.64 bits per heavy atom. The topological polar surface area (TPSA) is 66.4 Å². The molecule has 14 heavy (non-hydrogen) atoms. The molecule has 0 fully saturated rings. The maximum atomic E-state index is 12.9. The first-order valence-electron chi connectivity index (χ1n) is 3.76. The Hall–Kier alpha value is -1.36. The van der Waals surface area contributed by atoms with Crippen LogP contribution in [0.4, 0.5) is 4.39 Å². The van der Waals surface area contributed by atoms with Gasteiger partial charge in [-0.2, -0.15) is 0 Å². The minimum atomic E-state index is -1.62. The van der Waals surface area contributed by atoms with Gasteiger partial charge in [-0.1, -0.05) is 6.08 Å². The van der Waals surface area contributed by atoms with Gasteiger partial charge in [0.1, 0.15) is 5.83 Å². The van der Waals surface area contributed by atoms with E-state index in [1.807, 2.05) is 5.32 Å². The third kappa shape index (κ3) is 2.56. The lowest BCUT2D eigenvalue weighted by Crippen LogP contribution is -2.30. The van der Waals surface area contributed by atoms with Crippen LogP contribution in [0, 0.1) is 0 Å². The van der Waals surface area contributed by atoms with E-state index in [0.717, 1.165) is 6.08 Å². The van der Waals surface area contributed by atoms with Crippen molar-refractivity contribution in [2.45, 2.75) is 11.8 Å². The number of nitrogens with one attached hydrogen (secondary N) is 1. The molecule has 0 aliphatic heterocycles. The number of amides is 1. The van der Waals surface area contributed by atoms with Gasteiger partial charge in [0.25, 0.3) is 0 Å². The number of carboxylic acid groups (broad SMARTS) is 1. The largest absolute Gasteiger partial charge is 0.474 e. The van der Waals surface area contributed by atoms with Gasteiger partial charge in [-0.15, -0.1) is 11.6 Å². The predicted octanol–water partition coefficient (Wildman–Crippen LogP) is 0.936. The number of carbonyl (C=O) groups is 2. The summed E-state index contributed by atoms with van der Waals surface area (Å²) in [6, 6.07) is 0. The highest BCUT2D eigenvalue weighted by Gasteiger charge is 2.18. The molecule has 0 radical (unpaired) electrons. The number of hydrogen-bond donors (Lipinski definition) is 2. The van der Waals surface area contributed by atoms with Crippen molar-refractivity contribution in [1.82, 2.24) is 5.32 Å². The van der Waals surface area contributed by atoms with E-state index in [2.05, 4.69) is 0 Å². The minimum Gasteiger partial charge on any atom is -0.474 e. The molecule has 2 N–H and O–H groups in total. The molecule has 4 nitrogen and oxygen atoms in total. The Balaban J connectivity index is 2.65. The fraction of sp³-hybridized carbons (Fsp3) is 0.250. The first-order chi connectivity index (χ1) is 6.50. The van der Waals surface area contributed by atoms with Crippen LogP contribution in [0.2, 0.25) is 0 Å². The average molecular weight is 220 g/mol. The predicted molar refractivity (Wildman–Crippen MR) is 47.3 cm³/mol. The van der Waals surface area contributed by atoms with Crippen LogP contribution >= 0.6 is 11.6 Å². The second kappa shape index (κ2) is 4.23. The Morgan fingerprint density at radius 3 is 2.79 bits per heavy atom. The Labute approximate surface area is 84.0 Å². The molecule has 0 aromatic rings. The number of aliphatic carboxylic acids is 1. The van der Waals surface area contributed by atoms with Crippen molar-refractivity contribution in [3.63, 3.8) is 0 Å². The quantitative estimate of drug-likeness (QED) is 0.509. The molecular weight excluding hydrogens is 213 g/mol. The van der Waals surface area contributed by atoms with Crippen molar-refractivity contribution in [3.05, 3.63) is 23.7 Å². The van der Waals surface area contributed by atoms with Crippen LogP contribution in [0.3, 0.4) is 0 Å². The second-order valence-electron chi connectivity index (χ2n) is 2.65. The van der Waals surface area contributed by atoms with E-state index in [-0.39, 0.29) is 12.1 Å². The van der Waals surface area contributed by atoms with Gasteiger partial charge in [0.05, 0.1) is 5.38 Å². The van der Waals surface area contributed by atoms with E-state index in [1.165, 1.54) is 6.08 Å². The van der Waals surface area contributed by atoms with Crippen molar-refractivity contribution in [3.8, 4) is 0 Å². The first kappa shape index (κ1) is 10.7. The lowest BCUT2D eigenvalue weighted by molar-refractivity contribution is -0.149. The van der Waals surface area contributed by atoms with Crippen molar-refractivity contribution in [2.24, 2.45) is 0 Å². The fourth-order valence-corrected chi connectivity index (χ4v) is 1.06. The number of rotatable bonds is 1. The molecule has 1 rings (SSSR count). The van der Waals surface area contributed by atoms with Gasteiger partial charge in [0.2, 0.25) is 0 Å². The molecule has 1 aliphatic carbocycles. The third-order valence-electron chi connectivity index (χ3n) is 1.59. The molecule has 0 aromatic heterocycles. The smallest absolute Gasteiger partial charge is 0.394 e. The summed E-state index contributed by atoms with van der Waals surface area (Å²) in [6.07, 6.45) is 2.68. The molecule has 1 atom stereocenters. The number of hydrogen-bond acceptors (Lipinski definition) is 2. The van der Waals surface area contributed by atoms with Gasteiger partial charge >= 0.3 is 11.9 Å². The van der Waals surface area contributed by atoms with Crippen LogP contribution < -0.4 is 5.32 Å². The Morgan fingerprint density at radius 2 is 2.29 bits per heavy atom. The van der Waals surface area contributed by atoms with Crippen molar-refractivity contribution >= 4 is 23.5 Å². The van der Waals surface area contributed by atoms with Crippen molar-refractivity contribution in [1.29, 1.82) is 0 Å². The highest BCUT2D eigenvalue weighted by atomic mass is 35.5. The molecule has 1 aliphatic rings. The summed E-state index contributed by atoms with van der Waals surface area (Å²) in [6.45, 7) is 0. The normalized spacial score (nSPS) is 20.9. The molecule has 0 saturated carbocycles. The number of halogens is 2. The molecule has 0 saturated heterocycles. The summed E-state index contributed by atoms with van der Waals surface area (Å²) in [4.78, 5) is 20.8. The minimum absolute atomic E-state index is 0.117. The Kier molecular flexibility index (Phi) is 3.24. The summed E-state index contributed by atoms with van der Waals surface area (Å²) in [5, 5.41) is 9.53. The fourth-order valence-electron chi connectivity index (χ4n) is 0.913. The maximum Gasteiger partial charge on any atom is 0.394 e. The van der Waals surface area contributed by atoms with E-state index >= 15 is 0 Å². The zero-order valence-electron chi connectivity index (χ0n) is 6.96. The maximum absolute atomic E-state index is 12.9. The van der Waals surface area contributed by atoms with Gasteiger partial charge < -0.3 is 10.4 Å². The molecule has 1 unspecified atom stereocenters. The van der Waals surface area contributed by atoms with E-state index in [4.69, 9.17) is 16.7 Å². The third-order valence-corrected chi connectivity index (χ3v) is 1.98. The molecule has 0 spiro atoms. The van der Waals surface area contributed by atoms with Gasteiger partial charge in [-0.25, -0.2) is 9.18 Å². The molecule has 76 valence electrons. The average Bonchev–Trinajstić information content (AvgIpc) is 2.11. The van der Waals surface area contributed by atoms with Gasteiger partial charge in [-0.3, -0.25) is 4.79 Å². The lowest BCUT2D eigenvalue weighted by Gasteiger charge is -2.12. The van der Waals surface area contributed by atoms with E-state index < -0.39 is 23.1 Å². The molecule has 0 heterocycles. The van der Waals surface area contributed by atoms with Crippen molar-refractivity contribution in [2.75, 3.05) is 0 Å². The highest BCUT2D eigenvalue weighted by molar-refractivity contribution is 6.32. The number of carbonyl (C=O) groups excluding carboxylic acids is 1.